The largest absolute Gasteiger partial charge is 0.381 e. The molecule has 42 heavy (non-hydrogen) atoms. The molecule has 2 saturated heterocycles. The van der Waals surface area contributed by atoms with Gasteiger partial charge in [-0.25, -0.2) is 28.1 Å². The predicted molar refractivity (Wildman–Crippen MR) is 165 cm³/mol. The summed E-state index contributed by atoms with van der Waals surface area (Å²) in [6.45, 7) is 7.82. The number of fused-ring (bicyclic) bond motifs is 1. The van der Waals surface area contributed by atoms with Gasteiger partial charge in [-0.05, 0) is 47.9 Å². The van der Waals surface area contributed by atoms with E-state index in [1.165, 1.54) is 11.8 Å². The Morgan fingerprint density at radius 2 is 1.88 bits per heavy atom. The maximum absolute atomic E-state index is 11.5. The number of pyridine rings is 1. The third-order valence-electron chi connectivity index (χ3n) is 7.87. The van der Waals surface area contributed by atoms with E-state index in [4.69, 9.17) is 26.3 Å². The van der Waals surface area contributed by atoms with Crippen LogP contribution in [-0.4, -0.2) is 72.3 Å². The summed E-state index contributed by atoms with van der Waals surface area (Å²) in [5.41, 5.74) is 3.01. The molecular formula is C29H35ClN8O3S. The first-order valence-corrected chi connectivity index (χ1v) is 16.5. The van der Waals surface area contributed by atoms with Crippen molar-refractivity contribution in [2.45, 2.75) is 38.6 Å². The first kappa shape index (κ1) is 28.8. The molecule has 1 aromatic carbocycles. The number of benzene rings is 1. The number of sulfonamides is 1. The third-order valence-corrected chi connectivity index (χ3v) is 8.84. The zero-order chi connectivity index (χ0) is 29.4. The van der Waals surface area contributed by atoms with E-state index in [2.05, 4.69) is 57.1 Å². The van der Waals surface area contributed by atoms with Crippen molar-refractivity contribution in [1.29, 1.82) is 0 Å². The van der Waals surface area contributed by atoms with Crippen molar-refractivity contribution in [3.8, 4) is 11.4 Å². The van der Waals surface area contributed by atoms with Crippen molar-refractivity contribution in [2.75, 3.05) is 49.3 Å². The lowest BCUT2D eigenvalue weighted by molar-refractivity contribution is 0.0662. The maximum atomic E-state index is 11.5. The van der Waals surface area contributed by atoms with Gasteiger partial charge in [0.25, 0.3) is 0 Å². The van der Waals surface area contributed by atoms with Gasteiger partial charge in [-0.15, -0.1) is 0 Å². The van der Waals surface area contributed by atoms with Crippen molar-refractivity contribution < 1.29 is 13.2 Å². The highest BCUT2D eigenvalue weighted by molar-refractivity contribution is 7.88. The van der Waals surface area contributed by atoms with E-state index >= 15 is 0 Å². The van der Waals surface area contributed by atoms with Gasteiger partial charge in [0.15, 0.2) is 11.0 Å². The standard InChI is InChI=1S/C29H35ClN8O3S/c1-18(2)21-4-5-25(37-15-19(16-37)13-33-42(3,39)40)23-14-32-27(12-22(21)23)34-26-6-9-31-29(35-26)24-17-38(36-28(24)30)20-7-10-41-11-8-20/h4-6,9,12,14,17-20,33H,7-8,10-11,13,15-16H2,1-3H3,(H,31,32,34,35). The normalized spacial score (nSPS) is 16.7. The molecule has 3 aromatic heterocycles. The second-order valence-corrected chi connectivity index (χ2v) is 13.6. The van der Waals surface area contributed by atoms with Crippen molar-refractivity contribution in [2.24, 2.45) is 5.92 Å². The molecule has 222 valence electrons. The minimum absolute atomic E-state index is 0.249. The second-order valence-electron chi connectivity index (χ2n) is 11.4. The van der Waals surface area contributed by atoms with Crippen LogP contribution in [0.4, 0.5) is 17.3 Å². The Bertz CT molecular complexity index is 1700. The number of rotatable bonds is 9. The molecule has 4 aromatic rings. The summed E-state index contributed by atoms with van der Waals surface area (Å²) in [5.74, 6) is 2.37. The van der Waals surface area contributed by atoms with Gasteiger partial charge in [0, 0.05) is 68.4 Å². The van der Waals surface area contributed by atoms with Crippen LogP contribution in [0, 0.1) is 5.92 Å². The summed E-state index contributed by atoms with van der Waals surface area (Å²) in [6, 6.07) is 8.44. The SMILES string of the molecule is CC(C)c1ccc(N2CC(CNS(C)(=O)=O)C2)c2cnc(Nc3ccnc(-c4cn(C5CCOCC5)nc4Cl)n3)cc12. The minimum Gasteiger partial charge on any atom is -0.381 e. The zero-order valence-electron chi connectivity index (χ0n) is 23.9. The third kappa shape index (κ3) is 6.22. The van der Waals surface area contributed by atoms with Gasteiger partial charge in [0.2, 0.25) is 10.0 Å². The molecule has 0 spiro atoms. The number of ether oxygens (including phenoxy) is 1. The molecule has 0 amide bonds. The Morgan fingerprint density at radius 1 is 1.10 bits per heavy atom. The molecule has 0 saturated carbocycles. The lowest BCUT2D eigenvalue weighted by Crippen LogP contribution is -2.51. The molecule has 13 heteroatoms. The van der Waals surface area contributed by atoms with Crippen molar-refractivity contribution in [1.82, 2.24) is 29.5 Å². The highest BCUT2D eigenvalue weighted by Crippen LogP contribution is 2.37. The van der Waals surface area contributed by atoms with Gasteiger partial charge < -0.3 is 15.0 Å². The van der Waals surface area contributed by atoms with E-state index in [-0.39, 0.29) is 12.0 Å². The fourth-order valence-corrected chi connectivity index (χ4v) is 6.36. The topological polar surface area (TPSA) is 127 Å². The fraction of sp³-hybridized carbons (Fsp3) is 0.448. The number of nitrogens with one attached hydrogen (secondary N) is 2. The van der Waals surface area contributed by atoms with Crippen LogP contribution in [0.1, 0.15) is 44.2 Å². The van der Waals surface area contributed by atoms with Gasteiger partial charge in [-0.2, -0.15) is 5.10 Å². The van der Waals surface area contributed by atoms with Crippen molar-refractivity contribution in [3.05, 3.63) is 53.6 Å². The van der Waals surface area contributed by atoms with E-state index in [0.717, 1.165) is 42.4 Å². The fourth-order valence-electron chi connectivity index (χ4n) is 5.60. The number of anilines is 3. The molecular weight excluding hydrogens is 576 g/mol. The van der Waals surface area contributed by atoms with E-state index in [0.29, 0.717) is 53.9 Å². The Hall–Kier alpha value is -3.32. The molecule has 0 atom stereocenters. The molecule has 2 aliphatic heterocycles. The summed E-state index contributed by atoms with van der Waals surface area (Å²) in [6.07, 6.45) is 8.50. The Labute approximate surface area is 250 Å². The van der Waals surface area contributed by atoms with E-state index in [9.17, 15) is 8.42 Å². The number of hydrogen-bond donors (Lipinski definition) is 2. The van der Waals surface area contributed by atoms with E-state index in [1.54, 1.807) is 12.3 Å². The molecule has 0 bridgehead atoms. The van der Waals surface area contributed by atoms with Gasteiger partial charge >= 0.3 is 0 Å². The molecule has 0 radical (unpaired) electrons. The van der Waals surface area contributed by atoms with Crippen LogP contribution in [0.15, 0.2) is 42.9 Å². The maximum Gasteiger partial charge on any atom is 0.208 e. The van der Waals surface area contributed by atoms with Crippen LogP contribution in [0.3, 0.4) is 0 Å². The molecule has 2 aliphatic rings. The van der Waals surface area contributed by atoms with Crippen LogP contribution in [0.5, 0.6) is 0 Å². The smallest absolute Gasteiger partial charge is 0.208 e. The first-order valence-electron chi connectivity index (χ1n) is 14.2. The van der Waals surface area contributed by atoms with Crippen LogP contribution in [-0.2, 0) is 14.8 Å². The summed E-state index contributed by atoms with van der Waals surface area (Å²) >= 11 is 6.52. The lowest BCUT2D eigenvalue weighted by Gasteiger charge is -2.41. The molecule has 11 nitrogen and oxygen atoms in total. The highest BCUT2D eigenvalue weighted by atomic mass is 35.5. The number of aromatic nitrogens is 5. The molecule has 5 heterocycles. The van der Waals surface area contributed by atoms with Gasteiger partial charge in [-0.3, -0.25) is 4.68 Å². The zero-order valence-corrected chi connectivity index (χ0v) is 25.5. The van der Waals surface area contributed by atoms with Crippen molar-refractivity contribution >= 4 is 49.7 Å². The van der Waals surface area contributed by atoms with E-state index in [1.807, 2.05) is 17.1 Å². The summed E-state index contributed by atoms with van der Waals surface area (Å²) < 4.78 is 32.9. The quantitative estimate of drug-likeness (QED) is 0.276. The average Bonchev–Trinajstić information content (AvgIpc) is 3.33. The summed E-state index contributed by atoms with van der Waals surface area (Å²) in [5, 5.41) is 10.4. The Kier molecular flexibility index (Phi) is 8.05. The monoisotopic (exact) mass is 610 g/mol. The molecule has 0 unspecified atom stereocenters. The van der Waals surface area contributed by atoms with Crippen LogP contribution in [0.2, 0.25) is 5.15 Å². The predicted octanol–water partition coefficient (Wildman–Crippen LogP) is 4.75. The van der Waals surface area contributed by atoms with Gasteiger partial charge in [-0.1, -0.05) is 31.5 Å². The lowest BCUT2D eigenvalue weighted by atomic mass is 9.93. The number of hydrogen-bond acceptors (Lipinski definition) is 9. The van der Waals surface area contributed by atoms with Crippen LogP contribution >= 0.6 is 11.6 Å². The van der Waals surface area contributed by atoms with Crippen LogP contribution in [0.25, 0.3) is 22.2 Å². The molecule has 0 aliphatic carbocycles. The minimum atomic E-state index is -3.19. The molecule has 6 rings (SSSR count). The summed E-state index contributed by atoms with van der Waals surface area (Å²) in [7, 11) is -3.19. The van der Waals surface area contributed by atoms with E-state index < -0.39 is 10.0 Å². The number of halogens is 1. The van der Waals surface area contributed by atoms with Gasteiger partial charge in [0.1, 0.15) is 11.6 Å². The molecule has 2 N–H and O–H groups in total. The number of nitrogens with zero attached hydrogens (tertiary/aromatic N) is 6. The first-order chi connectivity index (χ1) is 20.1. The van der Waals surface area contributed by atoms with Crippen molar-refractivity contribution in [3.63, 3.8) is 0 Å². The average molecular weight is 611 g/mol. The Morgan fingerprint density at radius 3 is 2.62 bits per heavy atom. The second kappa shape index (κ2) is 11.8. The Balaban J connectivity index is 1.23. The van der Waals surface area contributed by atoms with Gasteiger partial charge in [0.05, 0.1) is 17.9 Å². The summed E-state index contributed by atoms with van der Waals surface area (Å²) in [4.78, 5) is 16.2. The highest BCUT2D eigenvalue weighted by Gasteiger charge is 2.29. The van der Waals surface area contributed by atoms with Crippen LogP contribution < -0.4 is 14.9 Å². The molecule has 2 fully saturated rings.